The fraction of sp³-hybridized carbons (Fsp3) is 0.696. The number of aromatic nitrogens is 3. The van der Waals surface area contributed by atoms with Gasteiger partial charge < -0.3 is 23.7 Å². The van der Waals surface area contributed by atoms with Crippen LogP contribution >= 0.6 is 11.6 Å². The molecule has 0 N–H and O–H groups in total. The first-order valence-corrected chi connectivity index (χ1v) is 11.6. The van der Waals surface area contributed by atoms with Crippen LogP contribution in [0.2, 0.25) is 5.15 Å². The Bertz CT molecular complexity index is 1060. The van der Waals surface area contributed by atoms with E-state index >= 15 is 0 Å². The number of carbonyl (C=O) groups is 1. The molecule has 4 heterocycles. The van der Waals surface area contributed by atoms with E-state index in [0.29, 0.717) is 11.7 Å². The normalized spacial score (nSPS) is 33.9. The van der Waals surface area contributed by atoms with Gasteiger partial charge in [0.2, 0.25) is 0 Å². The molecule has 32 heavy (non-hydrogen) atoms. The second kappa shape index (κ2) is 7.05. The molecular weight excluding hydrogens is 432 g/mol. The van der Waals surface area contributed by atoms with Crippen LogP contribution in [0, 0.1) is 5.41 Å². The zero-order valence-corrected chi connectivity index (χ0v) is 20.2. The fourth-order valence-electron chi connectivity index (χ4n) is 5.83. The number of amides is 1. The number of ether oxygens (including phenoxy) is 3. The molecule has 174 valence electrons. The smallest absolute Gasteiger partial charge is 0.410 e. The molecule has 1 aliphatic carbocycles. The van der Waals surface area contributed by atoms with E-state index in [1.54, 1.807) is 0 Å². The van der Waals surface area contributed by atoms with Crippen molar-refractivity contribution in [2.45, 2.75) is 90.1 Å². The van der Waals surface area contributed by atoms with Crippen LogP contribution in [0.3, 0.4) is 0 Å². The van der Waals surface area contributed by atoms with Gasteiger partial charge in [-0.2, -0.15) is 0 Å². The Kier molecular flexibility index (Phi) is 4.83. The minimum atomic E-state index is -0.695. The highest BCUT2D eigenvalue weighted by atomic mass is 35.5. The minimum absolute atomic E-state index is 0.0102. The van der Waals surface area contributed by atoms with Crippen LogP contribution in [-0.4, -0.2) is 61.7 Å². The summed E-state index contributed by atoms with van der Waals surface area (Å²) in [5, 5.41) is 1.26. The Morgan fingerprint density at radius 2 is 2.00 bits per heavy atom. The van der Waals surface area contributed by atoms with Gasteiger partial charge in [0.25, 0.3) is 0 Å². The number of fused-ring (bicyclic) bond motifs is 3. The zero-order chi connectivity index (χ0) is 23.1. The number of hydrogen-bond acceptors (Lipinski definition) is 6. The Morgan fingerprint density at radius 1 is 1.25 bits per heavy atom. The first kappa shape index (κ1) is 21.9. The van der Waals surface area contributed by atoms with E-state index in [-0.39, 0.29) is 35.8 Å². The van der Waals surface area contributed by atoms with Gasteiger partial charge in [0.1, 0.15) is 28.8 Å². The monoisotopic (exact) mass is 462 g/mol. The van der Waals surface area contributed by atoms with Crippen LogP contribution in [0.4, 0.5) is 4.79 Å². The van der Waals surface area contributed by atoms with E-state index in [9.17, 15) is 4.79 Å². The average Bonchev–Trinajstić information content (AvgIpc) is 3.37. The van der Waals surface area contributed by atoms with Crippen LogP contribution < -0.4 is 0 Å². The quantitative estimate of drug-likeness (QED) is 0.578. The van der Waals surface area contributed by atoms with E-state index in [0.717, 1.165) is 23.9 Å². The first-order valence-electron chi connectivity index (χ1n) is 11.2. The van der Waals surface area contributed by atoms with E-state index < -0.39 is 11.4 Å². The van der Waals surface area contributed by atoms with Crippen molar-refractivity contribution in [3.05, 3.63) is 23.7 Å². The number of nitrogens with zero attached hydrogens (tertiary/aromatic N) is 4. The Balaban J connectivity index is 1.50. The predicted octanol–water partition coefficient (Wildman–Crippen LogP) is 4.57. The summed E-state index contributed by atoms with van der Waals surface area (Å²) in [7, 11) is 0. The van der Waals surface area contributed by atoms with E-state index in [1.165, 1.54) is 6.33 Å². The maximum absolute atomic E-state index is 12.9. The molecule has 2 aromatic rings. The van der Waals surface area contributed by atoms with Crippen molar-refractivity contribution < 1.29 is 19.0 Å². The topological polar surface area (TPSA) is 78.7 Å². The Labute approximate surface area is 193 Å². The van der Waals surface area contributed by atoms with Crippen molar-refractivity contribution >= 4 is 28.7 Å². The third kappa shape index (κ3) is 3.47. The number of halogens is 1. The lowest BCUT2D eigenvalue weighted by molar-refractivity contribution is -0.168. The minimum Gasteiger partial charge on any atom is -0.444 e. The molecule has 1 saturated carbocycles. The molecule has 3 fully saturated rings. The SMILES string of the molecule is CC1C[C@]2(C[C@@H](n3ccc4c(Cl)ncnc43)[C@@H]3OC(C)(C)O[C@@H]32)CN1C(=O)OC(C)(C)C. The lowest BCUT2D eigenvalue weighted by atomic mass is 9.81. The largest absolute Gasteiger partial charge is 0.444 e. The first-order chi connectivity index (χ1) is 14.9. The van der Waals surface area contributed by atoms with Gasteiger partial charge in [-0.3, -0.25) is 0 Å². The summed E-state index contributed by atoms with van der Waals surface area (Å²) in [6.07, 6.45) is 4.58. The zero-order valence-electron chi connectivity index (χ0n) is 19.5. The van der Waals surface area contributed by atoms with Gasteiger partial charge in [-0.25, -0.2) is 14.8 Å². The summed E-state index contributed by atoms with van der Waals surface area (Å²) < 4.78 is 20.7. The Morgan fingerprint density at radius 3 is 2.72 bits per heavy atom. The van der Waals surface area contributed by atoms with Gasteiger partial charge in [0.15, 0.2) is 5.79 Å². The summed E-state index contributed by atoms with van der Waals surface area (Å²) in [5.74, 6) is -0.695. The molecule has 1 spiro atoms. The third-order valence-corrected chi connectivity index (χ3v) is 7.19. The molecule has 9 heteroatoms. The van der Waals surface area contributed by atoms with E-state index in [2.05, 4.69) is 21.5 Å². The molecule has 8 nitrogen and oxygen atoms in total. The van der Waals surface area contributed by atoms with Crippen LogP contribution in [0.5, 0.6) is 0 Å². The molecule has 1 amide bonds. The molecule has 3 aliphatic rings. The van der Waals surface area contributed by atoms with Crippen molar-refractivity contribution in [1.82, 2.24) is 19.4 Å². The molecule has 1 unspecified atom stereocenters. The lowest BCUT2D eigenvalue weighted by Gasteiger charge is -2.32. The molecule has 2 saturated heterocycles. The molecule has 0 aromatic carbocycles. The van der Waals surface area contributed by atoms with Crippen LogP contribution in [-0.2, 0) is 14.2 Å². The number of likely N-dealkylation sites (tertiary alicyclic amines) is 1. The molecule has 0 radical (unpaired) electrons. The van der Waals surface area contributed by atoms with Crippen LogP contribution in [0.15, 0.2) is 18.6 Å². The van der Waals surface area contributed by atoms with Gasteiger partial charge in [0, 0.05) is 24.2 Å². The predicted molar refractivity (Wildman–Crippen MR) is 119 cm³/mol. The van der Waals surface area contributed by atoms with Crippen molar-refractivity contribution in [3.8, 4) is 0 Å². The molecule has 2 aliphatic heterocycles. The van der Waals surface area contributed by atoms with Gasteiger partial charge >= 0.3 is 6.09 Å². The van der Waals surface area contributed by atoms with Gasteiger partial charge in [-0.05, 0) is 60.5 Å². The van der Waals surface area contributed by atoms with E-state index in [1.807, 2.05) is 51.8 Å². The standard InChI is InChI=1S/C23H31ClN4O4/c1-13-9-23(11-28(13)20(29)32-21(2,3)4)10-15(16-17(23)31-22(5,6)30-16)27-8-7-14-18(24)25-12-26-19(14)27/h7-8,12-13,15-17H,9-11H2,1-6H3/t13?,15-,16+,17+,23+/m1/s1. The van der Waals surface area contributed by atoms with Gasteiger partial charge in [0.05, 0.1) is 17.5 Å². The van der Waals surface area contributed by atoms with Crippen molar-refractivity contribution in [3.63, 3.8) is 0 Å². The fourth-order valence-corrected chi connectivity index (χ4v) is 6.03. The number of carbonyl (C=O) groups excluding carboxylic acids is 1. The van der Waals surface area contributed by atoms with Gasteiger partial charge in [-0.1, -0.05) is 11.6 Å². The highest BCUT2D eigenvalue weighted by Crippen LogP contribution is 2.58. The maximum atomic E-state index is 12.9. The number of rotatable bonds is 1. The average molecular weight is 463 g/mol. The highest BCUT2D eigenvalue weighted by Gasteiger charge is 2.65. The molecular formula is C23H31ClN4O4. The summed E-state index contributed by atoms with van der Waals surface area (Å²) in [6.45, 7) is 12.2. The van der Waals surface area contributed by atoms with Gasteiger partial charge in [-0.15, -0.1) is 0 Å². The van der Waals surface area contributed by atoms with Crippen molar-refractivity contribution in [2.75, 3.05) is 6.54 Å². The van der Waals surface area contributed by atoms with Crippen LogP contribution in [0.1, 0.15) is 60.4 Å². The molecule has 5 rings (SSSR count). The number of hydrogen-bond donors (Lipinski definition) is 0. The lowest BCUT2D eigenvalue weighted by Crippen LogP contribution is -2.42. The second-order valence-electron chi connectivity index (χ2n) is 10.9. The van der Waals surface area contributed by atoms with Crippen molar-refractivity contribution in [1.29, 1.82) is 0 Å². The van der Waals surface area contributed by atoms with Crippen molar-refractivity contribution in [2.24, 2.45) is 5.41 Å². The summed E-state index contributed by atoms with van der Waals surface area (Å²) >= 11 is 6.30. The molecule has 0 bridgehead atoms. The summed E-state index contributed by atoms with van der Waals surface area (Å²) in [5.41, 5.74) is 0.0205. The second-order valence-corrected chi connectivity index (χ2v) is 11.3. The molecule has 5 atom stereocenters. The van der Waals surface area contributed by atoms with Crippen LogP contribution in [0.25, 0.3) is 11.0 Å². The highest BCUT2D eigenvalue weighted by molar-refractivity contribution is 6.33. The summed E-state index contributed by atoms with van der Waals surface area (Å²) in [4.78, 5) is 23.4. The third-order valence-electron chi connectivity index (χ3n) is 6.89. The van der Waals surface area contributed by atoms with E-state index in [4.69, 9.17) is 25.8 Å². The maximum Gasteiger partial charge on any atom is 0.410 e. The summed E-state index contributed by atoms with van der Waals surface area (Å²) in [6, 6.07) is 2.01. The Hall–Kier alpha value is -1.90. The molecule has 2 aromatic heterocycles.